The molecular weight excluding hydrogens is 383 g/mol. The van der Waals surface area contributed by atoms with Crippen LogP contribution in [-0.4, -0.2) is 19.1 Å². The van der Waals surface area contributed by atoms with E-state index >= 15 is 0 Å². The van der Waals surface area contributed by atoms with Gasteiger partial charge in [0.2, 0.25) is 0 Å². The standard InChI is InChI=1S/C21H20ClFN2O3/c1-13(2)25-21(26)16(11-24)7-15-9-18(22)20(19(10-15)27-3)28-12-14-5-4-6-17(23)8-14/h4-10,13H,12H2,1-3H3,(H,25,26)/b16-7-. The third-order valence-corrected chi connectivity index (χ3v) is 3.90. The summed E-state index contributed by atoms with van der Waals surface area (Å²) in [6, 6.07) is 11.0. The van der Waals surface area contributed by atoms with Crippen molar-refractivity contribution in [2.45, 2.75) is 26.5 Å². The summed E-state index contributed by atoms with van der Waals surface area (Å²) in [7, 11) is 1.45. The maximum atomic E-state index is 13.3. The van der Waals surface area contributed by atoms with Gasteiger partial charge in [-0.05, 0) is 55.3 Å². The number of amides is 1. The van der Waals surface area contributed by atoms with Crippen LogP contribution >= 0.6 is 11.6 Å². The number of nitriles is 1. The number of ether oxygens (including phenoxy) is 2. The zero-order valence-electron chi connectivity index (χ0n) is 15.8. The van der Waals surface area contributed by atoms with Gasteiger partial charge in [-0.2, -0.15) is 5.26 Å². The van der Waals surface area contributed by atoms with E-state index in [9.17, 15) is 14.4 Å². The molecule has 7 heteroatoms. The molecule has 0 saturated carbocycles. The van der Waals surface area contributed by atoms with Crippen LogP contribution in [0.1, 0.15) is 25.0 Å². The summed E-state index contributed by atoms with van der Waals surface area (Å²) in [5.41, 5.74) is 1.09. The topological polar surface area (TPSA) is 71.3 Å². The van der Waals surface area contributed by atoms with E-state index in [-0.39, 0.29) is 34.8 Å². The maximum Gasteiger partial charge on any atom is 0.262 e. The lowest BCUT2D eigenvalue weighted by Gasteiger charge is -2.14. The van der Waals surface area contributed by atoms with Crippen LogP contribution < -0.4 is 14.8 Å². The number of methoxy groups -OCH3 is 1. The first-order valence-corrected chi connectivity index (χ1v) is 8.89. The van der Waals surface area contributed by atoms with Crippen LogP contribution in [0.3, 0.4) is 0 Å². The third-order valence-electron chi connectivity index (χ3n) is 3.62. The van der Waals surface area contributed by atoms with Crippen LogP contribution in [0.5, 0.6) is 11.5 Å². The van der Waals surface area contributed by atoms with E-state index in [1.54, 1.807) is 38.1 Å². The number of halogens is 2. The molecule has 0 radical (unpaired) electrons. The molecule has 2 rings (SSSR count). The minimum absolute atomic E-state index is 0.0553. The summed E-state index contributed by atoms with van der Waals surface area (Å²) in [5, 5.41) is 12.2. The van der Waals surface area contributed by atoms with Gasteiger partial charge in [0.15, 0.2) is 11.5 Å². The SMILES string of the molecule is COc1cc(/C=C(/C#N)C(=O)NC(C)C)cc(Cl)c1OCc1cccc(F)c1. The van der Waals surface area contributed by atoms with Crippen molar-refractivity contribution in [3.63, 3.8) is 0 Å². The lowest BCUT2D eigenvalue weighted by atomic mass is 10.1. The van der Waals surface area contributed by atoms with Crippen molar-refractivity contribution in [3.8, 4) is 17.6 Å². The second-order valence-electron chi connectivity index (χ2n) is 6.25. The Balaban J connectivity index is 2.28. The number of rotatable bonds is 7. The molecule has 1 N–H and O–H groups in total. The second-order valence-corrected chi connectivity index (χ2v) is 6.66. The Morgan fingerprint density at radius 1 is 1.36 bits per heavy atom. The van der Waals surface area contributed by atoms with Crippen molar-refractivity contribution in [2.75, 3.05) is 7.11 Å². The summed E-state index contributed by atoms with van der Waals surface area (Å²) in [6.45, 7) is 3.71. The fourth-order valence-electron chi connectivity index (χ4n) is 2.40. The molecule has 0 atom stereocenters. The van der Waals surface area contributed by atoms with Gasteiger partial charge in [-0.3, -0.25) is 4.79 Å². The Bertz CT molecular complexity index is 936. The highest BCUT2D eigenvalue weighted by Crippen LogP contribution is 2.37. The predicted molar refractivity (Wildman–Crippen MR) is 106 cm³/mol. The van der Waals surface area contributed by atoms with Crippen LogP contribution in [0.4, 0.5) is 4.39 Å². The third kappa shape index (κ3) is 5.73. The summed E-state index contributed by atoms with van der Waals surface area (Å²) in [5.74, 6) is -0.213. The number of benzene rings is 2. The molecule has 0 aliphatic rings. The van der Waals surface area contributed by atoms with E-state index in [2.05, 4.69) is 5.32 Å². The van der Waals surface area contributed by atoms with E-state index in [4.69, 9.17) is 21.1 Å². The zero-order valence-corrected chi connectivity index (χ0v) is 16.5. The Morgan fingerprint density at radius 3 is 2.71 bits per heavy atom. The smallest absolute Gasteiger partial charge is 0.262 e. The molecule has 1 amide bonds. The fourth-order valence-corrected chi connectivity index (χ4v) is 2.67. The molecule has 0 spiro atoms. The largest absolute Gasteiger partial charge is 0.493 e. The highest BCUT2D eigenvalue weighted by Gasteiger charge is 2.15. The van der Waals surface area contributed by atoms with Crippen molar-refractivity contribution >= 4 is 23.6 Å². The Kier molecular flexibility index (Phi) is 7.42. The number of nitrogens with zero attached hydrogens (tertiary/aromatic N) is 1. The molecule has 2 aromatic carbocycles. The average Bonchev–Trinajstić information content (AvgIpc) is 2.64. The monoisotopic (exact) mass is 402 g/mol. The molecule has 0 unspecified atom stereocenters. The average molecular weight is 403 g/mol. The molecule has 146 valence electrons. The van der Waals surface area contributed by atoms with Crippen LogP contribution in [0, 0.1) is 17.1 Å². The Hall–Kier alpha value is -3.04. The van der Waals surface area contributed by atoms with E-state index < -0.39 is 5.91 Å². The molecule has 5 nitrogen and oxygen atoms in total. The molecular formula is C21H20ClFN2O3. The molecule has 0 fully saturated rings. The molecule has 0 saturated heterocycles. The summed E-state index contributed by atoms with van der Waals surface area (Å²) in [4.78, 5) is 12.1. The van der Waals surface area contributed by atoms with Crippen molar-refractivity contribution < 1.29 is 18.7 Å². The zero-order chi connectivity index (χ0) is 20.7. The number of carbonyl (C=O) groups excluding carboxylic acids is 1. The minimum Gasteiger partial charge on any atom is -0.493 e. The van der Waals surface area contributed by atoms with Crippen LogP contribution in [-0.2, 0) is 11.4 Å². The Labute approximate surface area is 168 Å². The van der Waals surface area contributed by atoms with Crippen LogP contribution in [0.2, 0.25) is 5.02 Å². The lowest BCUT2D eigenvalue weighted by molar-refractivity contribution is -0.117. The van der Waals surface area contributed by atoms with E-state index in [0.29, 0.717) is 16.9 Å². The lowest BCUT2D eigenvalue weighted by Crippen LogP contribution is -2.30. The molecule has 0 aliphatic carbocycles. The summed E-state index contributed by atoms with van der Waals surface area (Å²) < 4.78 is 24.3. The minimum atomic E-state index is -0.473. The van der Waals surface area contributed by atoms with Gasteiger partial charge in [-0.1, -0.05) is 23.7 Å². The number of hydrogen-bond donors (Lipinski definition) is 1. The maximum absolute atomic E-state index is 13.3. The summed E-state index contributed by atoms with van der Waals surface area (Å²) >= 11 is 6.31. The first-order valence-electron chi connectivity index (χ1n) is 8.51. The second kappa shape index (κ2) is 9.77. The van der Waals surface area contributed by atoms with Gasteiger partial charge in [0.25, 0.3) is 5.91 Å². The van der Waals surface area contributed by atoms with E-state index in [1.807, 2.05) is 6.07 Å². The predicted octanol–water partition coefficient (Wildman–Crippen LogP) is 4.50. The van der Waals surface area contributed by atoms with Gasteiger partial charge in [-0.25, -0.2) is 4.39 Å². The van der Waals surface area contributed by atoms with Crippen molar-refractivity contribution in [1.29, 1.82) is 5.26 Å². The normalized spacial score (nSPS) is 11.1. The van der Waals surface area contributed by atoms with Crippen LogP contribution in [0.25, 0.3) is 6.08 Å². The van der Waals surface area contributed by atoms with Crippen molar-refractivity contribution in [3.05, 3.63) is 63.9 Å². The first kappa shape index (κ1) is 21.3. The quantitative estimate of drug-likeness (QED) is 0.546. The van der Waals surface area contributed by atoms with Gasteiger partial charge in [0, 0.05) is 6.04 Å². The van der Waals surface area contributed by atoms with Crippen LogP contribution in [0.15, 0.2) is 42.0 Å². The molecule has 28 heavy (non-hydrogen) atoms. The molecule has 0 aromatic heterocycles. The van der Waals surface area contributed by atoms with Crippen molar-refractivity contribution in [2.24, 2.45) is 0 Å². The van der Waals surface area contributed by atoms with Crippen molar-refractivity contribution in [1.82, 2.24) is 5.32 Å². The first-order chi connectivity index (χ1) is 13.3. The van der Waals surface area contributed by atoms with Gasteiger partial charge in [0.05, 0.1) is 12.1 Å². The molecule has 0 aliphatic heterocycles. The highest BCUT2D eigenvalue weighted by molar-refractivity contribution is 6.32. The van der Waals surface area contributed by atoms with Gasteiger partial charge >= 0.3 is 0 Å². The highest BCUT2D eigenvalue weighted by atomic mass is 35.5. The van der Waals surface area contributed by atoms with Gasteiger partial charge in [-0.15, -0.1) is 0 Å². The number of nitrogens with one attached hydrogen (secondary N) is 1. The number of carbonyl (C=O) groups is 1. The fraction of sp³-hybridized carbons (Fsp3) is 0.238. The van der Waals surface area contributed by atoms with Gasteiger partial charge in [0.1, 0.15) is 24.1 Å². The molecule has 0 heterocycles. The van der Waals surface area contributed by atoms with E-state index in [0.717, 1.165) is 0 Å². The summed E-state index contributed by atoms with van der Waals surface area (Å²) in [6.07, 6.45) is 1.42. The number of hydrogen-bond acceptors (Lipinski definition) is 4. The van der Waals surface area contributed by atoms with E-state index in [1.165, 1.54) is 25.3 Å². The Morgan fingerprint density at radius 2 is 2.11 bits per heavy atom. The van der Waals surface area contributed by atoms with Gasteiger partial charge < -0.3 is 14.8 Å². The molecule has 2 aromatic rings. The molecule has 0 bridgehead atoms.